The minimum absolute atomic E-state index is 0.0638. The molecular formula is C76H146O6. The zero-order chi connectivity index (χ0) is 59.2. The predicted molar refractivity (Wildman–Crippen MR) is 358 cm³/mol. The Balaban J connectivity index is 4.10. The molecule has 0 bridgehead atoms. The Bertz CT molecular complexity index is 1280. The van der Waals surface area contributed by atoms with Gasteiger partial charge >= 0.3 is 17.9 Å². The van der Waals surface area contributed by atoms with Crippen molar-refractivity contribution in [3.63, 3.8) is 0 Å². The molecule has 0 rings (SSSR count). The molecule has 0 N–H and O–H groups in total. The number of hydrogen-bond acceptors (Lipinski definition) is 6. The van der Waals surface area contributed by atoms with Gasteiger partial charge in [-0.05, 0) is 44.9 Å². The molecule has 6 nitrogen and oxygen atoms in total. The first kappa shape index (κ1) is 80.2. The largest absolute Gasteiger partial charge is 0.462 e. The van der Waals surface area contributed by atoms with Crippen LogP contribution in [-0.4, -0.2) is 37.2 Å². The summed E-state index contributed by atoms with van der Waals surface area (Å²) < 4.78 is 17.0. The Labute approximate surface area is 513 Å². The summed E-state index contributed by atoms with van der Waals surface area (Å²) in [5.74, 6) is -0.830. The maximum Gasteiger partial charge on any atom is 0.306 e. The summed E-state index contributed by atoms with van der Waals surface area (Å²) in [6.45, 7) is 6.73. The van der Waals surface area contributed by atoms with Gasteiger partial charge in [0.25, 0.3) is 0 Å². The van der Waals surface area contributed by atoms with Gasteiger partial charge < -0.3 is 14.2 Å². The lowest BCUT2D eigenvalue weighted by atomic mass is 10.0. The van der Waals surface area contributed by atoms with Gasteiger partial charge in [-0.2, -0.15) is 0 Å². The summed E-state index contributed by atoms with van der Waals surface area (Å²) in [4.78, 5) is 38.4. The van der Waals surface area contributed by atoms with Crippen LogP contribution >= 0.6 is 0 Å². The molecular weight excluding hydrogens is 1010 g/mol. The standard InChI is InChI=1S/C76H146O6/c1-4-7-10-13-16-19-22-25-27-29-31-32-33-34-35-36-37-38-39-40-41-42-43-45-46-48-51-54-57-60-63-66-69-75(78)81-72-73(71-80-74(77)68-65-62-59-56-53-50-24-21-18-15-12-9-6-3)82-76(79)70-67-64-61-58-55-52-49-47-44-30-28-26-23-20-17-14-11-8-5-2/h26,28,73H,4-25,27,29-72H2,1-3H3/b28-26-. The van der Waals surface area contributed by atoms with Crippen molar-refractivity contribution < 1.29 is 28.6 Å². The van der Waals surface area contributed by atoms with E-state index in [9.17, 15) is 14.4 Å². The van der Waals surface area contributed by atoms with Gasteiger partial charge in [-0.1, -0.05) is 386 Å². The van der Waals surface area contributed by atoms with Crippen molar-refractivity contribution >= 4 is 17.9 Å². The fourth-order valence-electron chi connectivity index (χ4n) is 11.9. The highest BCUT2D eigenvalue weighted by atomic mass is 16.6. The summed E-state index contributed by atoms with van der Waals surface area (Å²) in [6.07, 6.45) is 87.0. The molecule has 0 amide bonds. The van der Waals surface area contributed by atoms with Crippen molar-refractivity contribution in [3.8, 4) is 0 Å². The van der Waals surface area contributed by atoms with E-state index in [-0.39, 0.29) is 31.1 Å². The first-order valence-electron chi connectivity index (χ1n) is 37.7. The molecule has 0 aromatic heterocycles. The van der Waals surface area contributed by atoms with Gasteiger partial charge in [-0.15, -0.1) is 0 Å². The maximum atomic E-state index is 12.9. The Morgan fingerprint density at radius 3 is 0.610 bits per heavy atom. The van der Waals surface area contributed by atoms with Crippen molar-refractivity contribution in [2.45, 2.75) is 444 Å². The molecule has 0 fully saturated rings. The third-order valence-corrected chi connectivity index (χ3v) is 17.5. The van der Waals surface area contributed by atoms with Crippen LogP contribution in [0.15, 0.2) is 12.2 Å². The van der Waals surface area contributed by atoms with Crippen LogP contribution in [0.1, 0.15) is 438 Å². The fourth-order valence-corrected chi connectivity index (χ4v) is 11.9. The molecule has 0 heterocycles. The molecule has 0 aromatic rings. The van der Waals surface area contributed by atoms with Crippen LogP contribution in [0.25, 0.3) is 0 Å². The average Bonchev–Trinajstić information content (AvgIpc) is 3.47. The quantitative estimate of drug-likeness (QED) is 0.0261. The van der Waals surface area contributed by atoms with Gasteiger partial charge in [0, 0.05) is 19.3 Å². The normalized spacial score (nSPS) is 12.0. The molecule has 0 aliphatic rings. The first-order valence-corrected chi connectivity index (χ1v) is 37.7. The highest BCUT2D eigenvalue weighted by Crippen LogP contribution is 2.20. The molecule has 0 radical (unpaired) electrons. The SMILES string of the molecule is CCCCCCCC/C=C\CCCCCCCCCCCC(=O)OC(COC(=O)CCCCCCCCCCCCCCC)COC(=O)CCCCCCCCCCCCCCCCCCCCCCCCCCCCCCCCCC. The Morgan fingerprint density at radius 1 is 0.232 bits per heavy atom. The topological polar surface area (TPSA) is 78.9 Å². The van der Waals surface area contributed by atoms with Crippen molar-refractivity contribution in [1.82, 2.24) is 0 Å². The molecule has 0 saturated carbocycles. The summed E-state index contributed by atoms with van der Waals surface area (Å²) in [5, 5.41) is 0. The number of unbranched alkanes of at least 4 members (excludes halogenated alkanes) is 58. The average molecular weight is 1160 g/mol. The summed E-state index contributed by atoms with van der Waals surface area (Å²) in [6, 6.07) is 0. The lowest BCUT2D eigenvalue weighted by Crippen LogP contribution is -2.30. The van der Waals surface area contributed by atoms with E-state index in [1.165, 1.54) is 340 Å². The minimum atomic E-state index is -0.768. The van der Waals surface area contributed by atoms with Crippen LogP contribution in [0.4, 0.5) is 0 Å². The lowest BCUT2D eigenvalue weighted by Gasteiger charge is -2.18. The first-order chi connectivity index (χ1) is 40.5. The fraction of sp³-hybridized carbons (Fsp3) is 0.934. The third-order valence-electron chi connectivity index (χ3n) is 17.5. The van der Waals surface area contributed by atoms with Crippen molar-refractivity contribution in [1.29, 1.82) is 0 Å². The van der Waals surface area contributed by atoms with Crippen LogP contribution in [0.2, 0.25) is 0 Å². The molecule has 82 heavy (non-hydrogen) atoms. The number of allylic oxidation sites excluding steroid dienone is 2. The van der Waals surface area contributed by atoms with Gasteiger partial charge in [0.15, 0.2) is 6.10 Å². The van der Waals surface area contributed by atoms with Gasteiger partial charge in [0.2, 0.25) is 0 Å². The Morgan fingerprint density at radius 2 is 0.402 bits per heavy atom. The van der Waals surface area contributed by atoms with Gasteiger partial charge in [-0.25, -0.2) is 0 Å². The zero-order valence-corrected chi connectivity index (χ0v) is 56.1. The summed E-state index contributed by atoms with van der Waals surface area (Å²) in [5.41, 5.74) is 0. The zero-order valence-electron chi connectivity index (χ0n) is 56.1. The molecule has 0 saturated heterocycles. The van der Waals surface area contributed by atoms with E-state index in [1.807, 2.05) is 0 Å². The van der Waals surface area contributed by atoms with E-state index >= 15 is 0 Å². The van der Waals surface area contributed by atoms with Crippen LogP contribution in [0, 0.1) is 0 Å². The highest BCUT2D eigenvalue weighted by Gasteiger charge is 2.20. The van der Waals surface area contributed by atoms with E-state index in [0.29, 0.717) is 19.3 Å². The molecule has 0 aliphatic heterocycles. The summed E-state index contributed by atoms with van der Waals surface area (Å²) in [7, 11) is 0. The van der Waals surface area contributed by atoms with E-state index in [1.54, 1.807) is 0 Å². The van der Waals surface area contributed by atoms with Crippen LogP contribution in [0.3, 0.4) is 0 Å². The smallest absolute Gasteiger partial charge is 0.306 e. The minimum Gasteiger partial charge on any atom is -0.462 e. The number of carbonyl (C=O) groups excluding carboxylic acids is 3. The third kappa shape index (κ3) is 68.9. The van der Waals surface area contributed by atoms with E-state index in [0.717, 1.165) is 57.8 Å². The van der Waals surface area contributed by atoms with Crippen LogP contribution in [-0.2, 0) is 28.6 Å². The van der Waals surface area contributed by atoms with Gasteiger partial charge in [0.05, 0.1) is 0 Å². The Kier molecular flexibility index (Phi) is 70.0. The number of ether oxygens (including phenoxy) is 3. The van der Waals surface area contributed by atoms with E-state index in [2.05, 4.69) is 32.9 Å². The van der Waals surface area contributed by atoms with Crippen LogP contribution in [0.5, 0.6) is 0 Å². The van der Waals surface area contributed by atoms with Crippen molar-refractivity contribution in [2.24, 2.45) is 0 Å². The van der Waals surface area contributed by atoms with Crippen molar-refractivity contribution in [3.05, 3.63) is 12.2 Å². The summed E-state index contributed by atoms with van der Waals surface area (Å²) >= 11 is 0. The number of hydrogen-bond donors (Lipinski definition) is 0. The predicted octanol–water partition coefficient (Wildman–Crippen LogP) is 26.0. The second kappa shape index (κ2) is 71.6. The molecule has 6 heteroatoms. The lowest BCUT2D eigenvalue weighted by molar-refractivity contribution is -0.167. The molecule has 1 unspecified atom stereocenters. The second-order valence-corrected chi connectivity index (χ2v) is 25.9. The monoisotopic (exact) mass is 1160 g/mol. The van der Waals surface area contributed by atoms with E-state index < -0.39 is 6.10 Å². The van der Waals surface area contributed by atoms with Crippen LogP contribution < -0.4 is 0 Å². The number of carbonyl (C=O) groups is 3. The molecule has 486 valence electrons. The highest BCUT2D eigenvalue weighted by molar-refractivity contribution is 5.71. The maximum absolute atomic E-state index is 12.9. The molecule has 0 aromatic carbocycles. The van der Waals surface area contributed by atoms with Gasteiger partial charge in [-0.3, -0.25) is 14.4 Å². The second-order valence-electron chi connectivity index (χ2n) is 25.9. The van der Waals surface area contributed by atoms with Gasteiger partial charge in [0.1, 0.15) is 13.2 Å². The van der Waals surface area contributed by atoms with Crippen molar-refractivity contribution in [2.75, 3.05) is 13.2 Å². The molecule has 1 atom stereocenters. The number of rotatable bonds is 71. The Hall–Kier alpha value is -1.85. The van der Waals surface area contributed by atoms with E-state index in [4.69, 9.17) is 14.2 Å². The molecule has 0 aliphatic carbocycles. The molecule has 0 spiro atoms. The number of esters is 3.